The molecule has 2 atom stereocenters. The van der Waals surface area contributed by atoms with Crippen LogP contribution in [0.5, 0.6) is 11.5 Å². The third-order valence-corrected chi connectivity index (χ3v) is 3.95. The van der Waals surface area contributed by atoms with Crippen molar-refractivity contribution in [3.05, 3.63) is 23.8 Å². The van der Waals surface area contributed by atoms with Crippen molar-refractivity contribution >= 4 is 24.4 Å². The van der Waals surface area contributed by atoms with E-state index in [4.69, 9.17) is 18.9 Å². The molecule has 0 saturated heterocycles. The van der Waals surface area contributed by atoms with Crippen LogP contribution in [0.2, 0.25) is 0 Å². The van der Waals surface area contributed by atoms with Crippen LogP contribution in [0.4, 0.5) is 14.4 Å². The summed E-state index contributed by atoms with van der Waals surface area (Å²) < 4.78 is 28.7. The van der Waals surface area contributed by atoms with E-state index < -0.39 is 36.6 Å². The lowest BCUT2D eigenvalue weighted by molar-refractivity contribution is -0.139. The summed E-state index contributed by atoms with van der Waals surface area (Å²) in [6.07, 6.45) is -3.62. The molecule has 0 heterocycles. The molecule has 0 fully saturated rings. The number of carbonyl (C=O) groups excluding carboxylic acids is 3. The van der Waals surface area contributed by atoms with E-state index >= 15 is 0 Å². The maximum Gasteiger partial charge on any atom is 0.513 e. The lowest BCUT2D eigenvalue weighted by Gasteiger charge is -2.19. The van der Waals surface area contributed by atoms with Gasteiger partial charge in [0.1, 0.15) is 12.1 Å². The van der Waals surface area contributed by atoms with E-state index in [0.29, 0.717) is 5.56 Å². The summed E-state index contributed by atoms with van der Waals surface area (Å²) in [6, 6.07) is 3.07. The zero-order valence-corrected chi connectivity index (χ0v) is 19.1. The number of benzene rings is 1. The summed E-state index contributed by atoms with van der Waals surface area (Å²) in [5.41, 5.74) is 0.441. The van der Waals surface area contributed by atoms with E-state index in [1.54, 1.807) is 6.92 Å². The van der Waals surface area contributed by atoms with E-state index in [2.05, 4.69) is 14.8 Å². The van der Waals surface area contributed by atoms with Crippen LogP contribution in [0.15, 0.2) is 18.2 Å². The molecule has 0 saturated carbocycles. The number of carboxylic acid groups (broad SMARTS) is 1. The average Bonchev–Trinajstić information content (AvgIpc) is 2.76. The van der Waals surface area contributed by atoms with Crippen LogP contribution in [0, 0.1) is 5.92 Å². The number of methoxy groups -OCH3 is 2. The van der Waals surface area contributed by atoms with Crippen LogP contribution in [-0.2, 0) is 30.2 Å². The quantitative estimate of drug-likeness (QED) is 0.277. The third-order valence-electron chi connectivity index (χ3n) is 3.95. The normalized spacial score (nSPS) is 12.3. The van der Waals surface area contributed by atoms with Crippen LogP contribution in [0.1, 0.15) is 26.3 Å². The largest absolute Gasteiger partial charge is 0.513 e. The SMILES string of the molecule is COC(=O)Oc1ccc(C[C@H](NCC(C)OC(=O)OCC(C)C)C(=O)O)cc1OC(=O)OC. The van der Waals surface area contributed by atoms with Gasteiger partial charge in [0.05, 0.1) is 20.8 Å². The molecular weight excluding hydrogens is 442 g/mol. The van der Waals surface area contributed by atoms with Crippen molar-refractivity contribution in [2.45, 2.75) is 39.3 Å². The number of carbonyl (C=O) groups is 4. The molecular formula is C21H29NO11. The highest BCUT2D eigenvalue weighted by atomic mass is 16.7. The Kier molecular flexibility index (Phi) is 11.5. The Morgan fingerprint density at radius 2 is 1.55 bits per heavy atom. The molecule has 1 rings (SSSR count). The van der Waals surface area contributed by atoms with Crippen LogP contribution in [-0.4, -0.2) is 69.1 Å². The average molecular weight is 471 g/mol. The molecule has 0 spiro atoms. The molecule has 0 amide bonds. The molecule has 12 heteroatoms. The molecule has 33 heavy (non-hydrogen) atoms. The molecule has 1 aromatic rings. The van der Waals surface area contributed by atoms with Crippen molar-refractivity contribution in [1.29, 1.82) is 0 Å². The monoisotopic (exact) mass is 471 g/mol. The van der Waals surface area contributed by atoms with Crippen LogP contribution >= 0.6 is 0 Å². The minimum absolute atomic E-state index is 0.0319. The molecule has 0 aliphatic heterocycles. The fraction of sp³-hybridized carbons (Fsp3) is 0.524. The van der Waals surface area contributed by atoms with E-state index in [0.717, 1.165) is 14.2 Å². The van der Waals surface area contributed by atoms with Gasteiger partial charge in [-0.05, 0) is 37.0 Å². The lowest BCUT2D eigenvalue weighted by Crippen LogP contribution is -2.42. The first-order valence-electron chi connectivity index (χ1n) is 9.99. The van der Waals surface area contributed by atoms with Crippen molar-refractivity contribution in [2.75, 3.05) is 27.4 Å². The minimum atomic E-state index is -1.16. The van der Waals surface area contributed by atoms with Crippen molar-refractivity contribution in [3.8, 4) is 11.5 Å². The van der Waals surface area contributed by atoms with Gasteiger partial charge in [-0.1, -0.05) is 19.9 Å². The molecule has 1 unspecified atom stereocenters. The molecule has 0 bridgehead atoms. The van der Waals surface area contributed by atoms with Crippen LogP contribution in [0.25, 0.3) is 0 Å². The van der Waals surface area contributed by atoms with Crippen LogP contribution in [0.3, 0.4) is 0 Å². The van der Waals surface area contributed by atoms with E-state index in [1.807, 2.05) is 13.8 Å². The summed E-state index contributed by atoms with van der Waals surface area (Å²) in [6.45, 7) is 5.60. The number of hydrogen-bond acceptors (Lipinski definition) is 11. The number of hydrogen-bond donors (Lipinski definition) is 2. The molecule has 1 aromatic carbocycles. The van der Waals surface area contributed by atoms with Gasteiger partial charge in [-0.2, -0.15) is 0 Å². The number of ether oxygens (including phenoxy) is 6. The number of rotatable bonds is 11. The zero-order chi connectivity index (χ0) is 25.0. The Morgan fingerprint density at radius 1 is 0.939 bits per heavy atom. The summed E-state index contributed by atoms with van der Waals surface area (Å²) in [7, 11) is 2.20. The number of carboxylic acids is 1. The fourth-order valence-corrected chi connectivity index (χ4v) is 2.37. The first kappa shape index (κ1) is 27.5. The molecule has 2 N–H and O–H groups in total. The van der Waals surface area contributed by atoms with Gasteiger partial charge in [0.25, 0.3) is 0 Å². The van der Waals surface area contributed by atoms with E-state index in [9.17, 15) is 24.3 Å². The first-order chi connectivity index (χ1) is 15.5. The number of nitrogens with one attached hydrogen (secondary N) is 1. The maximum absolute atomic E-state index is 11.7. The molecule has 12 nitrogen and oxygen atoms in total. The lowest BCUT2D eigenvalue weighted by atomic mass is 10.0. The fourth-order valence-electron chi connectivity index (χ4n) is 2.37. The highest BCUT2D eigenvalue weighted by Gasteiger charge is 2.22. The Morgan fingerprint density at radius 3 is 2.09 bits per heavy atom. The van der Waals surface area contributed by atoms with E-state index in [1.165, 1.54) is 18.2 Å². The minimum Gasteiger partial charge on any atom is -0.480 e. The van der Waals surface area contributed by atoms with E-state index in [-0.39, 0.29) is 37.0 Å². The van der Waals surface area contributed by atoms with Gasteiger partial charge in [-0.3, -0.25) is 4.79 Å². The number of aliphatic carboxylic acids is 1. The second-order valence-corrected chi connectivity index (χ2v) is 7.28. The predicted molar refractivity (Wildman–Crippen MR) is 112 cm³/mol. The second-order valence-electron chi connectivity index (χ2n) is 7.28. The zero-order valence-electron chi connectivity index (χ0n) is 19.1. The Bertz CT molecular complexity index is 824. The molecule has 0 aromatic heterocycles. The highest BCUT2D eigenvalue weighted by Crippen LogP contribution is 2.30. The molecule has 0 aliphatic rings. The van der Waals surface area contributed by atoms with Crippen molar-refractivity contribution in [3.63, 3.8) is 0 Å². The molecule has 0 radical (unpaired) electrons. The van der Waals surface area contributed by atoms with Gasteiger partial charge in [0.15, 0.2) is 11.5 Å². The maximum atomic E-state index is 11.7. The van der Waals surface area contributed by atoms with Gasteiger partial charge in [-0.25, -0.2) is 14.4 Å². The van der Waals surface area contributed by atoms with Gasteiger partial charge >= 0.3 is 24.4 Å². The van der Waals surface area contributed by atoms with Crippen molar-refractivity contribution in [1.82, 2.24) is 5.32 Å². The smallest absolute Gasteiger partial charge is 0.480 e. The molecule has 0 aliphatic carbocycles. The summed E-state index contributed by atoms with van der Waals surface area (Å²) >= 11 is 0. The highest BCUT2D eigenvalue weighted by molar-refractivity contribution is 5.74. The van der Waals surface area contributed by atoms with Crippen LogP contribution < -0.4 is 14.8 Å². The second kappa shape index (κ2) is 13.8. The standard InChI is InChI=1S/C21H29NO11/c1-12(2)11-30-21(27)31-13(3)10-22-15(18(23)24)8-14-6-7-16(32-19(25)28-4)17(9-14)33-20(26)29-5/h6-7,9,12-13,15,22H,8,10-11H2,1-5H3,(H,23,24)/t13?,15-/m0/s1. The summed E-state index contributed by atoms with van der Waals surface area (Å²) in [4.78, 5) is 46.2. The molecule has 184 valence electrons. The van der Waals surface area contributed by atoms with Crippen molar-refractivity contribution in [2.24, 2.45) is 5.92 Å². The van der Waals surface area contributed by atoms with Gasteiger partial charge < -0.3 is 38.8 Å². The van der Waals surface area contributed by atoms with Gasteiger partial charge in [0.2, 0.25) is 0 Å². The third kappa shape index (κ3) is 10.5. The van der Waals surface area contributed by atoms with Crippen molar-refractivity contribution < 1.29 is 52.7 Å². The summed E-state index contributed by atoms with van der Waals surface area (Å²) in [5, 5.41) is 12.3. The van der Waals surface area contributed by atoms with Gasteiger partial charge in [-0.15, -0.1) is 0 Å². The van der Waals surface area contributed by atoms with Gasteiger partial charge in [0, 0.05) is 6.54 Å². The topological polar surface area (TPSA) is 156 Å². The Labute approximate surface area is 191 Å². The predicted octanol–water partition coefficient (Wildman–Crippen LogP) is 2.76. The first-order valence-corrected chi connectivity index (χ1v) is 9.99. The summed E-state index contributed by atoms with van der Waals surface area (Å²) in [5.74, 6) is -1.30. The Hall–Kier alpha value is -3.54. The Balaban J connectivity index is 2.84.